The molecule has 29 heavy (non-hydrogen) atoms. The second-order valence-electron chi connectivity index (χ2n) is 7.90. The van der Waals surface area contributed by atoms with Crippen LogP contribution in [0.15, 0.2) is 30.7 Å². The summed E-state index contributed by atoms with van der Waals surface area (Å²) in [7, 11) is 0. The van der Waals surface area contributed by atoms with Crippen LogP contribution in [0.5, 0.6) is 0 Å². The van der Waals surface area contributed by atoms with Crippen molar-refractivity contribution in [1.29, 1.82) is 0 Å². The van der Waals surface area contributed by atoms with Gasteiger partial charge < -0.3 is 4.90 Å². The summed E-state index contributed by atoms with van der Waals surface area (Å²) in [6.07, 6.45) is 9.64. The highest BCUT2D eigenvalue weighted by Crippen LogP contribution is 2.36. The summed E-state index contributed by atoms with van der Waals surface area (Å²) in [4.78, 5) is 15.2. The van der Waals surface area contributed by atoms with E-state index in [1.165, 1.54) is 11.3 Å². The number of aromatic amines is 2. The van der Waals surface area contributed by atoms with Crippen LogP contribution < -0.4 is 0 Å². The van der Waals surface area contributed by atoms with Crippen molar-refractivity contribution in [2.75, 3.05) is 6.54 Å². The summed E-state index contributed by atoms with van der Waals surface area (Å²) in [5, 5.41) is 15.2. The van der Waals surface area contributed by atoms with E-state index in [1.807, 2.05) is 18.3 Å². The Labute approximate surface area is 178 Å². The van der Waals surface area contributed by atoms with Gasteiger partial charge in [-0.3, -0.25) is 15.0 Å². The lowest BCUT2D eigenvalue weighted by Crippen LogP contribution is -2.41. The Morgan fingerprint density at radius 3 is 2.69 bits per heavy atom. The quantitative estimate of drug-likeness (QED) is 0.656. The molecule has 1 fully saturated rings. The molecule has 2 N–H and O–H groups in total. The van der Waals surface area contributed by atoms with Crippen molar-refractivity contribution >= 4 is 29.1 Å². The number of aromatic nitrogens is 4. The summed E-state index contributed by atoms with van der Waals surface area (Å²) < 4.78 is 0. The third-order valence-corrected chi connectivity index (χ3v) is 6.88. The highest BCUT2D eigenvalue weighted by Gasteiger charge is 2.37. The maximum Gasteiger partial charge on any atom is 0.226 e. The van der Waals surface area contributed by atoms with Crippen molar-refractivity contribution in [2.45, 2.75) is 38.1 Å². The number of benzene rings is 1. The normalized spacial score (nSPS) is 21.6. The molecule has 0 spiro atoms. The maximum absolute atomic E-state index is 13.1. The molecule has 1 saturated heterocycles. The lowest BCUT2D eigenvalue weighted by atomic mass is 9.92. The summed E-state index contributed by atoms with van der Waals surface area (Å²) in [5.41, 5.74) is 5.13. The number of hydrogen-bond acceptors (Lipinski definition) is 3. The average molecular weight is 430 g/mol. The lowest BCUT2D eigenvalue weighted by molar-refractivity contribution is -0.133. The van der Waals surface area contributed by atoms with E-state index in [4.69, 9.17) is 23.2 Å². The molecule has 0 bridgehead atoms. The van der Waals surface area contributed by atoms with Gasteiger partial charge in [0.05, 0.1) is 12.4 Å². The van der Waals surface area contributed by atoms with Gasteiger partial charge in [-0.05, 0) is 60.9 Å². The van der Waals surface area contributed by atoms with E-state index < -0.39 is 0 Å². The molecular weight excluding hydrogens is 409 g/mol. The summed E-state index contributed by atoms with van der Waals surface area (Å²) in [5.74, 6) is 0.142. The Balaban J connectivity index is 1.31. The largest absolute Gasteiger partial charge is 0.339 e. The third kappa shape index (κ3) is 3.45. The topological polar surface area (TPSA) is 77.7 Å². The van der Waals surface area contributed by atoms with Crippen LogP contribution in [0, 0.1) is 5.92 Å². The molecule has 2 aromatic heterocycles. The minimum Gasteiger partial charge on any atom is -0.339 e. The Hall–Kier alpha value is -2.31. The van der Waals surface area contributed by atoms with Gasteiger partial charge in [-0.1, -0.05) is 23.2 Å². The zero-order chi connectivity index (χ0) is 20.0. The van der Waals surface area contributed by atoms with E-state index in [1.54, 1.807) is 12.4 Å². The highest BCUT2D eigenvalue weighted by atomic mass is 35.5. The van der Waals surface area contributed by atoms with Gasteiger partial charge in [-0.15, -0.1) is 0 Å². The van der Waals surface area contributed by atoms with Crippen molar-refractivity contribution in [3.8, 4) is 11.1 Å². The molecule has 6 nitrogen and oxygen atoms in total. The number of nitrogens with one attached hydrogen (secondary N) is 2. The highest BCUT2D eigenvalue weighted by molar-refractivity contribution is 6.36. The van der Waals surface area contributed by atoms with Crippen LogP contribution in [-0.4, -0.2) is 43.8 Å². The fourth-order valence-electron chi connectivity index (χ4n) is 4.60. The fourth-order valence-corrected chi connectivity index (χ4v) is 5.24. The van der Waals surface area contributed by atoms with Crippen molar-refractivity contribution in [3.05, 3.63) is 57.6 Å². The van der Waals surface area contributed by atoms with Gasteiger partial charge in [-0.25, -0.2) is 0 Å². The molecule has 1 unspecified atom stereocenters. The molecule has 8 heteroatoms. The van der Waals surface area contributed by atoms with Crippen LogP contribution in [-0.2, 0) is 24.1 Å². The molecule has 0 saturated carbocycles. The number of halogens is 2. The second kappa shape index (κ2) is 7.50. The molecule has 1 aromatic carbocycles. The number of carbonyl (C=O) groups excluding carboxylic acids is 1. The first-order chi connectivity index (χ1) is 14.1. The number of aryl methyl sites for hydroxylation is 1. The molecule has 2 atom stereocenters. The van der Waals surface area contributed by atoms with Gasteiger partial charge in [-0.2, -0.15) is 10.2 Å². The molecule has 0 radical (unpaired) electrons. The number of likely N-dealkylation sites (tertiary alicyclic amines) is 1. The van der Waals surface area contributed by atoms with Crippen molar-refractivity contribution in [3.63, 3.8) is 0 Å². The molecule has 1 aliphatic heterocycles. The minimum absolute atomic E-state index is 0.0736. The molecule has 1 aliphatic carbocycles. The summed E-state index contributed by atoms with van der Waals surface area (Å²) in [6.45, 7) is 0.795. The van der Waals surface area contributed by atoms with Crippen molar-refractivity contribution in [2.24, 2.45) is 5.92 Å². The van der Waals surface area contributed by atoms with Gasteiger partial charge in [0.1, 0.15) is 0 Å². The Bertz CT molecular complexity index is 1020. The SMILES string of the molecule is O=C1[C@H](Cc2c(Cl)cc(-c3cn[nH]c3)cc2Cl)CCN1C1CCc2[nH]ncc2C1. The van der Waals surface area contributed by atoms with E-state index in [-0.39, 0.29) is 17.9 Å². The minimum atomic E-state index is -0.0736. The standard InChI is InChI=1S/C21H21Cl2N5O/c22-18-7-13(15-10-24-25-11-15)8-19(23)17(18)6-12-3-4-28(21(12)29)16-1-2-20-14(5-16)9-26-27-20/h7-12,16H,1-6H2,(H,24,25)(H,26,27)/t12-,16?/m0/s1. The van der Waals surface area contributed by atoms with Gasteiger partial charge in [0, 0.05) is 46.0 Å². The average Bonchev–Trinajstić information content (AvgIpc) is 3.45. The van der Waals surface area contributed by atoms with E-state index in [9.17, 15) is 4.79 Å². The fraction of sp³-hybridized carbons (Fsp3) is 0.381. The zero-order valence-electron chi connectivity index (χ0n) is 15.8. The van der Waals surface area contributed by atoms with Crippen molar-refractivity contribution < 1.29 is 4.79 Å². The van der Waals surface area contributed by atoms with Gasteiger partial charge >= 0.3 is 0 Å². The van der Waals surface area contributed by atoms with E-state index in [2.05, 4.69) is 25.3 Å². The van der Waals surface area contributed by atoms with Crippen LogP contribution >= 0.6 is 23.2 Å². The maximum atomic E-state index is 13.1. The number of rotatable bonds is 4. The van der Waals surface area contributed by atoms with E-state index in [0.717, 1.165) is 48.9 Å². The number of amides is 1. The number of carbonyl (C=O) groups is 1. The van der Waals surface area contributed by atoms with Crippen LogP contribution in [0.4, 0.5) is 0 Å². The van der Waals surface area contributed by atoms with Crippen molar-refractivity contribution in [1.82, 2.24) is 25.3 Å². The first kappa shape index (κ1) is 18.7. The molecule has 3 aromatic rings. The Morgan fingerprint density at radius 2 is 1.93 bits per heavy atom. The predicted molar refractivity (Wildman–Crippen MR) is 112 cm³/mol. The number of fused-ring (bicyclic) bond motifs is 1. The van der Waals surface area contributed by atoms with Gasteiger partial charge in [0.15, 0.2) is 0 Å². The van der Waals surface area contributed by atoms with Crippen LogP contribution in [0.25, 0.3) is 11.1 Å². The van der Waals surface area contributed by atoms with Gasteiger partial charge in [0.25, 0.3) is 0 Å². The number of nitrogens with zero attached hydrogens (tertiary/aromatic N) is 3. The number of H-pyrrole nitrogens is 2. The van der Waals surface area contributed by atoms with Gasteiger partial charge in [0.2, 0.25) is 5.91 Å². The molecule has 2 aliphatic rings. The molecule has 5 rings (SSSR count). The zero-order valence-corrected chi connectivity index (χ0v) is 17.3. The van der Waals surface area contributed by atoms with Crippen LogP contribution in [0.3, 0.4) is 0 Å². The smallest absolute Gasteiger partial charge is 0.226 e. The first-order valence-electron chi connectivity index (χ1n) is 9.89. The van der Waals surface area contributed by atoms with E-state index in [0.29, 0.717) is 16.5 Å². The third-order valence-electron chi connectivity index (χ3n) is 6.21. The first-order valence-corrected chi connectivity index (χ1v) is 10.6. The number of hydrogen-bond donors (Lipinski definition) is 2. The summed E-state index contributed by atoms with van der Waals surface area (Å²) in [6, 6.07) is 4.05. The monoisotopic (exact) mass is 429 g/mol. The lowest BCUT2D eigenvalue weighted by Gasteiger charge is -2.31. The van der Waals surface area contributed by atoms with Crippen LogP contribution in [0.2, 0.25) is 10.0 Å². The second-order valence-corrected chi connectivity index (χ2v) is 8.71. The van der Waals surface area contributed by atoms with Crippen LogP contribution in [0.1, 0.15) is 29.7 Å². The Kier molecular flexibility index (Phi) is 4.84. The Morgan fingerprint density at radius 1 is 1.10 bits per heavy atom. The van der Waals surface area contributed by atoms with E-state index >= 15 is 0 Å². The molecule has 3 heterocycles. The molecule has 1 amide bonds. The predicted octanol–water partition coefficient (Wildman–Crippen LogP) is 4.06. The molecule has 150 valence electrons. The summed E-state index contributed by atoms with van der Waals surface area (Å²) >= 11 is 13.1. The molecular formula is C21H21Cl2N5O.